The predicted molar refractivity (Wildman–Crippen MR) is 80.3 cm³/mol. The zero-order chi connectivity index (χ0) is 13.0. The van der Waals surface area contributed by atoms with Gasteiger partial charge in [0.2, 0.25) is 0 Å². The molecular formula is C15H22N2S. The highest BCUT2D eigenvalue weighted by Gasteiger charge is 2.23. The van der Waals surface area contributed by atoms with Crippen molar-refractivity contribution in [3.8, 4) is 0 Å². The monoisotopic (exact) mass is 262 g/mol. The maximum Gasteiger partial charge on any atom is 0.0944 e. The molecule has 0 aliphatic heterocycles. The van der Waals surface area contributed by atoms with E-state index in [9.17, 15) is 0 Å². The van der Waals surface area contributed by atoms with Crippen molar-refractivity contribution in [2.45, 2.75) is 33.6 Å². The van der Waals surface area contributed by atoms with Gasteiger partial charge in [-0.3, -0.25) is 0 Å². The van der Waals surface area contributed by atoms with E-state index < -0.39 is 0 Å². The second-order valence-electron chi connectivity index (χ2n) is 5.20. The standard InChI is InChI=1S/C15H22N2S/c1-4-15(3,11-16-5-2)10-14-17-12-8-6-7-9-13(12)18-14/h6-9,16H,4-5,10-11H2,1-3H3. The lowest BCUT2D eigenvalue weighted by molar-refractivity contribution is 0.293. The van der Waals surface area contributed by atoms with Crippen molar-refractivity contribution in [2.24, 2.45) is 5.41 Å². The van der Waals surface area contributed by atoms with Crippen molar-refractivity contribution in [3.63, 3.8) is 0 Å². The molecule has 0 saturated heterocycles. The second-order valence-corrected chi connectivity index (χ2v) is 6.31. The van der Waals surface area contributed by atoms with Crippen LogP contribution in [-0.4, -0.2) is 18.1 Å². The van der Waals surface area contributed by atoms with E-state index >= 15 is 0 Å². The molecule has 0 saturated carbocycles. The highest BCUT2D eigenvalue weighted by Crippen LogP contribution is 2.30. The Labute approximate surface area is 113 Å². The Balaban J connectivity index is 2.15. The Morgan fingerprint density at radius 1 is 1.28 bits per heavy atom. The summed E-state index contributed by atoms with van der Waals surface area (Å²) >= 11 is 1.83. The molecule has 1 heterocycles. The fraction of sp³-hybridized carbons (Fsp3) is 0.533. The SMILES string of the molecule is CCNCC(C)(CC)Cc1nc2ccccc2s1. The maximum atomic E-state index is 4.74. The zero-order valence-electron chi connectivity index (χ0n) is 11.5. The molecule has 0 amide bonds. The summed E-state index contributed by atoms with van der Waals surface area (Å²) in [4.78, 5) is 4.74. The number of para-hydroxylation sites is 1. The van der Waals surface area contributed by atoms with E-state index in [1.54, 1.807) is 0 Å². The molecule has 0 spiro atoms. The molecule has 2 aromatic rings. The molecular weight excluding hydrogens is 240 g/mol. The summed E-state index contributed by atoms with van der Waals surface area (Å²) in [6.07, 6.45) is 2.24. The number of benzene rings is 1. The van der Waals surface area contributed by atoms with Gasteiger partial charge in [0.15, 0.2) is 0 Å². The summed E-state index contributed by atoms with van der Waals surface area (Å²) in [5.41, 5.74) is 1.45. The average Bonchev–Trinajstić information content (AvgIpc) is 2.78. The first kappa shape index (κ1) is 13.5. The largest absolute Gasteiger partial charge is 0.316 e. The third kappa shape index (κ3) is 3.09. The topological polar surface area (TPSA) is 24.9 Å². The summed E-state index contributed by atoms with van der Waals surface area (Å²) in [5.74, 6) is 0. The Morgan fingerprint density at radius 3 is 2.72 bits per heavy atom. The van der Waals surface area contributed by atoms with E-state index in [0.717, 1.165) is 25.0 Å². The van der Waals surface area contributed by atoms with Gasteiger partial charge in [-0.25, -0.2) is 4.98 Å². The molecule has 1 unspecified atom stereocenters. The first-order chi connectivity index (χ1) is 8.67. The molecule has 0 aliphatic carbocycles. The third-order valence-electron chi connectivity index (χ3n) is 3.57. The molecule has 98 valence electrons. The van der Waals surface area contributed by atoms with Crippen LogP contribution >= 0.6 is 11.3 Å². The fourth-order valence-corrected chi connectivity index (χ4v) is 3.28. The Hall–Kier alpha value is -0.930. The third-order valence-corrected chi connectivity index (χ3v) is 4.61. The molecule has 2 rings (SSSR count). The van der Waals surface area contributed by atoms with Gasteiger partial charge in [-0.2, -0.15) is 0 Å². The fourth-order valence-electron chi connectivity index (χ4n) is 2.10. The molecule has 3 heteroatoms. The van der Waals surface area contributed by atoms with Crippen LogP contribution in [0.4, 0.5) is 0 Å². The van der Waals surface area contributed by atoms with E-state index in [1.807, 2.05) is 11.3 Å². The van der Waals surface area contributed by atoms with Crippen molar-refractivity contribution < 1.29 is 0 Å². The van der Waals surface area contributed by atoms with Gasteiger partial charge in [-0.1, -0.05) is 32.9 Å². The van der Waals surface area contributed by atoms with E-state index in [-0.39, 0.29) is 0 Å². The van der Waals surface area contributed by atoms with Crippen LogP contribution in [0.2, 0.25) is 0 Å². The number of nitrogens with zero attached hydrogens (tertiary/aromatic N) is 1. The molecule has 0 radical (unpaired) electrons. The quantitative estimate of drug-likeness (QED) is 0.855. The maximum absolute atomic E-state index is 4.74. The minimum absolute atomic E-state index is 0.309. The normalized spacial score (nSPS) is 14.8. The smallest absolute Gasteiger partial charge is 0.0944 e. The predicted octanol–water partition coefficient (Wildman–Crippen LogP) is 3.86. The number of nitrogens with one attached hydrogen (secondary N) is 1. The van der Waals surface area contributed by atoms with Crippen LogP contribution in [0, 0.1) is 5.41 Å². The number of hydrogen-bond donors (Lipinski definition) is 1. The van der Waals surface area contributed by atoms with Crippen LogP contribution < -0.4 is 5.32 Å². The van der Waals surface area contributed by atoms with Crippen LogP contribution in [0.15, 0.2) is 24.3 Å². The van der Waals surface area contributed by atoms with E-state index in [1.165, 1.54) is 16.1 Å². The van der Waals surface area contributed by atoms with Gasteiger partial charge >= 0.3 is 0 Å². The molecule has 1 aromatic carbocycles. The molecule has 2 nitrogen and oxygen atoms in total. The van der Waals surface area contributed by atoms with Gasteiger partial charge in [0.05, 0.1) is 15.2 Å². The Kier molecular flexibility index (Phi) is 4.36. The van der Waals surface area contributed by atoms with Gasteiger partial charge < -0.3 is 5.32 Å². The van der Waals surface area contributed by atoms with E-state index in [4.69, 9.17) is 4.98 Å². The minimum atomic E-state index is 0.309. The number of fused-ring (bicyclic) bond motifs is 1. The van der Waals surface area contributed by atoms with Gasteiger partial charge in [0, 0.05) is 13.0 Å². The Bertz CT molecular complexity index is 473. The second kappa shape index (κ2) is 5.81. The van der Waals surface area contributed by atoms with E-state index in [2.05, 4.69) is 50.4 Å². The van der Waals surface area contributed by atoms with Gasteiger partial charge in [-0.05, 0) is 30.5 Å². The van der Waals surface area contributed by atoms with Gasteiger partial charge in [-0.15, -0.1) is 11.3 Å². The summed E-state index contributed by atoms with van der Waals surface area (Å²) in [6, 6.07) is 8.40. The number of aromatic nitrogens is 1. The van der Waals surface area contributed by atoms with Crippen molar-refractivity contribution in [1.82, 2.24) is 10.3 Å². The lowest BCUT2D eigenvalue weighted by Crippen LogP contribution is -2.33. The summed E-state index contributed by atoms with van der Waals surface area (Å²) in [5, 5.41) is 4.73. The van der Waals surface area contributed by atoms with Gasteiger partial charge in [0.1, 0.15) is 0 Å². The Morgan fingerprint density at radius 2 is 2.06 bits per heavy atom. The lowest BCUT2D eigenvalue weighted by Gasteiger charge is -2.27. The molecule has 1 aromatic heterocycles. The number of thiazole rings is 1. The number of rotatable bonds is 6. The van der Waals surface area contributed by atoms with Crippen molar-refractivity contribution >= 4 is 21.6 Å². The van der Waals surface area contributed by atoms with Crippen LogP contribution in [0.5, 0.6) is 0 Å². The minimum Gasteiger partial charge on any atom is -0.316 e. The summed E-state index contributed by atoms with van der Waals surface area (Å²) in [6.45, 7) is 8.88. The van der Waals surface area contributed by atoms with Crippen LogP contribution in [-0.2, 0) is 6.42 Å². The molecule has 1 N–H and O–H groups in total. The van der Waals surface area contributed by atoms with Crippen LogP contribution in [0.25, 0.3) is 10.2 Å². The van der Waals surface area contributed by atoms with E-state index in [0.29, 0.717) is 5.41 Å². The molecule has 0 bridgehead atoms. The summed E-state index contributed by atoms with van der Waals surface area (Å²) < 4.78 is 1.30. The lowest BCUT2D eigenvalue weighted by atomic mass is 9.84. The van der Waals surface area contributed by atoms with Crippen LogP contribution in [0.3, 0.4) is 0 Å². The van der Waals surface area contributed by atoms with Gasteiger partial charge in [0.25, 0.3) is 0 Å². The molecule has 1 atom stereocenters. The molecule has 0 fully saturated rings. The zero-order valence-corrected chi connectivity index (χ0v) is 12.3. The van der Waals surface area contributed by atoms with Crippen molar-refractivity contribution in [2.75, 3.05) is 13.1 Å². The number of hydrogen-bond acceptors (Lipinski definition) is 3. The first-order valence-corrected chi connectivity index (χ1v) is 7.53. The van der Waals surface area contributed by atoms with Crippen LogP contribution in [0.1, 0.15) is 32.2 Å². The highest BCUT2D eigenvalue weighted by atomic mass is 32.1. The molecule has 18 heavy (non-hydrogen) atoms. The average molecular weight is 262 g/mol. The molecule has 0 aliphatic rings. The first-order valence-electron chi connectivity index (χ1n) is 6.72. The van der Waals surface area contributed by atoms with Crippen molar-refractivity contribution in [3.05, 3.63) is 29.3 Å². The summed E-state index contributed by atoms with van der Waals surface area (Å²) in [7, 11) is 0. The highest BCUT2D eigenvalue weighted by molar-refractivity contribution is 7.18. The van der Waals surface area contributed by atoms with Crippen molar-refractivity contribution in [1.29, 1.82) is 0 Å².